The number of hydrogen-bond acceptors (Lipinski definition) is 5. The number of aromatic nitrogens is 2. The summed E-state index contributed by atoms with van der Waals surface area (Å²) in [5, 5.41) is 0. The molecule has 3 aromatic carbocycles. The second-order valence-corrected chi connectivity index (χ2v) is 9.76. The average molecular weight is 565 g/mol. The topological polar surface area (TPSA) is 58.6 Å². The van der Waals surface area contributed by atoms with Gasteiger partial charge in [-0.05, 0) is 35.9 Å². The van der Waals surface area contributed by atoms with Gasteiger partial charge in [0.05, 0.1) is 17.9 Å². The number of anilines is 1. The fourth-order valence-electron chi connectivity index (χ4n) is 4.89. The minimum Gasteiger partial charge on any atom is -0.378 e. The van der Waals surface area contributed by atoms with Gasteiger partial charge >= 0.3 is 6.18 Å². The van der Waals surface area contributed by atoms with Crippen LogP contribution in [0.1, 0.15) is 32.7 Å². The van der Waals surface area contributed by atoms with Crippen molar-refractivity contribution in [2.75, 3.05) is 38.2 Å². The van der Waals surface area contributed by atoms with E-state index in [0.717, 1.165) is 17.7 Å². The molecule has 0 unspecified atom stereocenters. The van der Waals surface area contributed by atoms with Crippen molar-refractivity contribution in [3.05, 3.63) is 113 Å². The second kappa shape index (κ2) is 12.1. The molecular formula is C31H28F4N4O2. The molecule has 212 valence electrons. The quantitative estimate of drug-likeness (QED) is 0.258. The van der Waals surface area contributed by atoms with Crippen LogP contribution in [-0.2, 0) is 23.9 Å². The third-order valence-corrected chi connectivity index (χ3v) is 6.98. The van der Waals surface area contributed by atoms with Gasteiger partial charge < -0.3 is 14.5 Å². The zero-order chi connectivity index (χ0) is 29.0. The molecule has 2 heterocycles. The molecule has 1 amide bonds. The summed E-state index contributed by atoms with van der Waals surface area (Å²) in [6.07, 6.45) is -4.29. The van der Waals surface area contributed by atoms with Crippen LogP contribution < -0.4 is 4.90 Å². The number of rotatable bonds is 7. The van der Waals surface area contributed by atoms with Crippen LogP contribution in [0.25, 0.3) is 11.4 Å². The van der Waals surface area contributed by atoms with Crippen molar-refractivity contribution in [3.63, 3.8) is 0 Å². The second-order valence-electron chi connectivity index (χ2n) is 9.76. The molecule has 0 saturated carbocycles. The molecule has 4 aromatic rings. The van der Waals surface area contributed by atoms with Gasteiger partial charge in [0.15, 0.2) is 5.82 Å². The molecule has 0 radical (unpaired) electrons. The third kappa shape index (κ3) is 6.54. The van der Waals surface area contributed by atoms with E-state index in [4.69, 9.17) is 14.7 Å². The molecule has 1 saturated heterocycles. The van der Waals surface area contributed by atoms with Gasteiger partial charge in [-0.1, -0.05) is 48.5 Å². The van der Waals surface area contributed by atoms with E-state index in [0.29, 0.717) is 60.2 Å². The third-order valence-electron chi connectivity index (χ3n) is 6.98. The number of piperazine rings is 1. The summed E-state index contributed by atoms with van der Waals surface area (Å²) in [6.45, 7) is 1.82. The molecule has 0 N–H and O–H groups in total. The van der Waals surface area contributed by atoms with Crippen molar-refractivity contribution >= 4 is 11.7 Å². The Labute approximate surface area is 235 Å². The number of alkyl halides is 3. The highest BCUT2D eigenvalue weighted by molar-refractivity contribution is 5.94. The van der Waals surface area contributed by atoms with Gasteiger partial charge in [0, 0.05) is 56.4 Å². The van der Waals surface area contributed by atoms with Gasteiger partial charge in [0.1, 0.15) is 11.6 Å². The number of carbonyl (C=O) groups is 1. The maximum atomic E-state index is 13.5. The van der Waals surface area contributed by atoms with E-state index < -0.39 is 17.6 Å². The predicted octanol–water partition coefficient (Wildman–Crippen LogP) is 6.00. The number of methoxy groups -OCH3 is 1. The molecular weight excluding hydrogens is 536 g/mol. The predicted molar refractivity (Wildman–Crippen MR) is 147 cm³/mol. The molecule has 1 aliphatic heterocycles. The number of amides is 1. The Morgan fingerprint density at radius 1 is 0.902 bits per heavy atom. The molecule has 0 bridgehead atoms. The first-order valence-electron chi connectivity index (χ1n) is 13.1. The van der Waals surface area contributed by atoms with Crippen LogP contribution in [0.4, 0.5) is 23.4 Å². The maximum absolute atomic E-state index is 13.5. The van der Waals surface area contributed by atoms with Crippen LogP contribution in [0.3, 0.4) is 0 Å². The molecule has 41 heavy (non-hydrogen) atoms. The summed E-state index contributed by atoms with van der Waals surface area (Å²) in [5.74, 6) is 0.466. The number of hydrogen-bond donors (Lipinski definition) is 0. The minimum atomic E-state index is -4.46. The molecule has 10 heteroatoms. The Hall–Kier alpha value is -4.31. The molecule has 5 rings (SSSR count). The van der Waals surface area contributed by atoms with E-state index in [1.54, 1.807) is 11.0 Å². The van der Waals surface area contributed by atoms with Gasteiger partial charge in [-0.3, -0.25) is 4.79 Å². The first kappa shape index (κ1) is 28.2. The maximum Gasteiger partial charge on any atom is 0.416 e. The molecule has 1 fully saturated rings. The lowest BCUT2D eigenvalue weighted by molar-refractivity contribution is -0.137. The van der Waals surface area contributed by atoms with E-state index in [9.17, 15) is 22.4 Å². The van der Waals surface area contributed by atoms with E-state index in [-0.39, 0.29) is 18.9 Å². The number of benzene rings is 3. The fraction of sp³-hybridized carbons (Fsp3) is 0.258. The largest absolute Gasteiger partial charge is 0.416 e. The SMILES string of the molecule is COCc1nc(-c2ccccc2)nc(N2CCN(C(=O)c3ccc(F)cc3)CC2)c1Cc1cccc(C(F)(F)F)c1. The summed E-state index contributed by atoms with van der Waals surface area (Å²) >= 11 is 0. The van der Waals surface area contributed by atoms with Crippen molar-refractivity contribution in [1.82, 2.24) is 14.9 Å². The molecule has 1 aliphatic rings. The summed E-state index contributed by atoms with van der Waals surface area (Å²) in [4.78, 5) is 26.4. The van der Waals surface area contributed by atoms with Gasteiger partial charge in [-0.25, -0.2) is 14.4 Å². The Morgan fingerprint density at radius 2 is 1.61 bits per heavy atom. The van der Waals surface area contributed by atoms with Crippen molar-refractivity contribution < 1.29 is 27.1 Å². The number of carbonyl (C=O) groups excluding carboxylic acids is 1. The lowest BCUT2D eigenvalue weighted by Crippen LogP contribution is -2.49. The monoisotopic (exact) mass is 564 g/mol. The van der Waals surface area contributed by atoms with Crippen LogP contribution in [0.15, 0.2) is 78.9 Å². The number of halogens is 4. The summed E-state index contributed by atoms with van der Waals surface area (Å²) < 4.78 is 59.2. The van der Waals surface area contributed by atoms with Crippen molar-refractivity contribution in [2.45, 2.75) is 19.2 Å². The zero-order valence-corrected chi connectivity index (χ0v) is 22.4. The van der Waals surface area contributed by atoms with E-state index in [1.165, 1.54) is 37.4 Å². The van der Waals surface area contributed by atoms with E-state index >= 15 is 0 Å². The van der Waals surface area contributed by atoms with Crippen LogP contribution in [-0.4, -0.2) is 54.1 Å². The van der Waals surface area contributed by atoms with Crippen molar-refractivity contribution in [2.24, 2.45) is 0 Å². The van der Waals surface area contributed by atoms with Crippen molar-refractivity contribution in [3.8, 4) is 11.4 Å². The van der Waals surface area contributed by atoms with Gasteiger partial charge in [0.2, 0.25) is 0 Å². The Bertz CT molecular complexity index is 1500. The van der Waals surface area contributed by atoms with E-state index in [2.05, 4.69) is 0 Å². The van der Waals surface area contributed by atoms with Crippen LogP contribution in [0, 0.1) is 5.82 Å². The minimum absolute atomic E-state index is 0.146. The van der Waals surface area contributed by atoms with Crippen LogP contribution >= 0.6 is 0 Å². The van der Waals surface area contributed by atoms with Gasteiger partial charge in [-0.2, -0.15) is 13.2 Å². The normalized spacial score (nSPS) is 13.9. The highest BCUT2D eigenvalue weighted by Gasteiger charge is 2.31. The van der Waals surface area contributed by atoms with Gasteiger partial charge in [0.25, 0.3) is 5.91 Å². The first-order chi connectivity index (χ1) is 19.7. The molecule has 0 atom stereocenters. The summed E-state index contributed by atoms with van der Waals surface area (Å²) in [6, 6.07) is 20.1. The zero-order valence-electron chi connectivity index (χ0n) is 22.4. The summed E-state index contributed by atoms with van der Waals surface area (Å²) in [7, 11) is 1.54. The number of ether oxygens (including phenoxy) is 1. The van der Waals surface area contributed by atoms with Crippen LogP contribution in [0.2, 0.25) is 0 Å². The lowest BCUT2D eigenvalue weighted by Gasteiger charge is -2.36. The Morgan fingerprint density at radius 3 is 2.27 bits per heavy atom. The van der Waals surface area contributed by atoms with Gasteiger partial charge in [-0.15, -0.1) is 0 Å². The molecule has 6 nitrogen and oxygen atoms in total. The highest BCUT2D eigenvalue weighted by atomic mass is 19.4. The first-order valence-corrected chi connectivity index (χ1v) is 13.1. The highest BCUT2D eigenvalue weighted by Crippen LogP contribution is 2.33. The smallest absolute Gasteiger partial charge is 0.378 e. The molecule has 0 spiro atoms. The Kier molecular flexibility index (Phi) is 8.30. The Balaban J connectivity index is 1.50. The standard InChI is InChI=1S/C31H28F4N4O2/c1-41-20-27-26(19-21-6-5-9-24(18-21)31(33,34)35)29(37-28(36-27)22-7-3-2-4-8-22)38-14-16-39(17-15-38)30(40)23-10-12-25(32)13-11-23/h2-13,18H,14-17,19-20H2,1H3. The summed E-state index contributed by atoms with van der Waals surface area (Å²) in [5.41, 5.74) is 2.20. The number of nitrogens with zero attached hydrogens (tertiary/aromatic N) is 4. The fourth-order valence-corrected chi connectivity index (χ4v) is 4.89. The van der Waals surface area contributed by atoms with Crippen molar-refractivity contribution in [1.29, 1.82) is 0 Å². The lowest BCUT2D eigenvalue weighted by atomic mass is 10.0. The van der Waals surface area contributed by atoms with Crippen LogP contribution in [0.5, 0.6) is 0 Å². The van der Waals surface area contributed by atoms with E-state index in [1.807, 2.05) is 35.2 Å². The molecule has 1 aromatic heterocycles. The average Bonchev–Trinajstić information content (AvgIpc) is 2.98. The molecule has 0 aliphatic carbocycles.